The number of hydrogen-bond acceptors (Lipinski definition) is 5. The van der Waals surface area contributed by atoms with Gasteiger partial charge >= 0.3 is 0 Å². The largest absolute Gasteiger partial charge is 0.496 e. The average Bonchev–Trinajstić information content (AvgIpc) is 2.63. The lowest BCUT2D eigenvalue weighted by atomic mass is 10.1. The van der Waals surface area contributed by atoms with E-state index in [1.807, 2.05) is 31.2 Å². The Morgan fingerprint density at radius 1 is 1.23 bits per heavy atom. The van der Waals surface area contributed by atoms with Gasteiger partial charge in [-0.15, -0.1) is 0 Å². The van der Waals surface area contributed by atoms with Gasteiger partial charge in [0.2, 0.25) is 0 Å². The van der Waals surface area contributed by atoms with Crippen molar-refractivity contribution in [3.63, 3.8) is 0 Å². The van der Waals surface area contributed by atoms with Crippen LogP contribution in [-0.2, 0) is 12.8 Å². The number of aromatic nitrogens is 2. The highest BCUT2D eigenvalue weighted by Crippen LogP contribution is 2.28. The van der Waals surface area contributed by atoms with Crippen LogP contribution in [0.2, 0.25) is 0 Å². The maximum Gasteiger partial charge on any atom is 0.261 e. The average molecular weight is 368 g/mol. The Morgan fingerprint density at radius 2 is 2.00 bits per heavy atom. The zero-order valence-electron chi connectivity index (χ0n) is 15.2. The maximum atomic E-state index is 12.6. The van der Waals surface area contributed by atoms with Crippen molar-refractivity contribution in [2.45, 2.75) is 24.8 Å². The highest BCUT2D eigenvalue weighted by Gasteiger charge is 2.12. The van der Waals surface area contributed by atoms with Gasteiger partial charge in [0.1, 0.15) is 5.75 Å². The first kappa shape index (κ1) is 18.2. The van der Waals surface area contributed by atoms with Gasteiger partial charge in [0.05, 0.1) is 18.0 Å². The highest BCUT2D eigenvalue weighted by atomic mass is 32.2. The minimum absolute atomic E-state index is 0.00510. The predicted octanol–water partition coefficient (Wildman–Crippen LogP) is 3.75. The SMILES string of the molecule is COc1ccc(C(C)=O)cc1CSc1nc2ccc(C)cc2c(=O)n1C. The molecular formula is C20H20N2O3S. The van der Waals surface area contributed by atoms with Crippen molar-refractivity contribution in [3.8, 4) is 5.75 Å². The molecule has 0 amide bonds. The number of carbonyl (C=O) groups is 1. The van der Waals surface area contributed by atoms with Gasteiger partial charge in [-0.25, -0.2) is 4.98 Å². The number of carbonyl (C=O) groups excluding carboxylic acids is 1. The smallest absolute Gasteiger partial charge is 0.261 e. The van der Waals surface area contributed by atoms with Crippen molar-refractivity contribution in [2.75, 3.05) is 7.11 Å². The Hall–Kier alpha value is -2.60. The van der Waals surface area contributed by atoms with Gasteiger partial charge < -0.3 is 4.74 Å². The maximum absolute atomic E-state index is 12.6. The summed E-state index contributed by atoms with van der Waals surface area (Å²) < 4.78 is 6.96. The van der Waals surface area contributed by atoms with Crippen LogP contribution < -0.4 is 10.3 Å². The van der Waals surface area contributed by atoms with E-state index in [1.54, 1.807) is 30.9 Å². The molecule has 0 fully saturated rings. The molecule has 1 heterocycles. The molecule has 0 bridgehead atoms. The van der Waals surface area contributed by atoms with Gasteiger partial charge in [-0.2, -0.15) is 0 Å². The van der Waals surface area contributed by atoms with Crippen LogP contribution >= 0.6 is 11.8 Å². The topological polar surface area (TPSA) is 61.2 Å². The highest BCUT2D eigenvalue weighted by molar-refractivity contribution is 7.98. The number of ether oxygens (including phenoxy) is 1. The third-order valence-electron chi connectivity index (χ3n) is 4.23. The van der Waals surface area contributed by atoms with Crippen LogP contribution in [-0.4, -0.2) is 22.4 Å². The molecule has 3 rings (SSSR count). The van der Waals surface area contributed by atoms with E-state index in [4.69, 9.17) is 4.74 Å². The van der Waals surface area contributed by atoms with E-state index in [9.17, 15) is 9.59 Å². The van der Waals surface area contributed by atoms with Crippen molar-refractivity contribution < 1.29 is 9.53 Å². The van der Waals surface area contributed by atoms with Gasteiger partial charge in [0.25, 0.3) is 5.56 Å². The van der Waals surface area contributed by atoms with Crippen molar-refractivity contribution in [1.29, 1.82) is 0 Å². The Labute approximate surface area is 156 Å². The fourth-order valence-electron chi connectivity index (χ4n) is 2.75. The van der Waals surface area contributed by atoms with Gasteiger partial charge in [0, 0.05) is 23.9 Å². The molecule has 0 atom stereocenters. The van der Waals surface area contributed by atoms with E-state index in [0.717, 1.165) is 11.1 Å². The molecule has 0 aliphatic carbocycles. The van der Waals surface area contributed by atoms with Crippen LogP contribution in [0.25, 0.3) is 10.9 Å². The number of benzene rings is 2. The first-order valence-corrected chi connectivity index (χ1v) is 9.17. The van der Waals surface area contributed by atoms with Crippen LogP contribution in [0, 0.1) is 6.92 Å². The van der Waals surface area contributed by atoms with Gasteiger partial charge in [-0.05, 0) is 44.2 Å². The third kappa shape index (κ3) is 3.51. The second-order valence-electron chi connectivity index (χ2n) is 6.15. The van der Waals surface area contributed by atoms with E-state index in [0.29, 0.717) is 33.1 Å². The number of rotatable bonds is 5. The molecule has 0 N–H and O–H groups in total. The number of nitrogens with zero attached hydrogens (tertiary/aromatic N) is 2. The molecule has 0 saturated heterocycles. The summed E-state index contributed by atoms with van der Waals surface area (Å²) in [5, 5.41) is 1.25. The summed E-state index contributed by atoms with van der Waals surface area (Å²) in [5.74, 6) is 1.26. The first-order valence-electron chi connectivity index (χ1n) is 8.18. The number of aryl methyl sites for hydroxylation is 1. The number of thioether (sulfide) groups is 1. The summed E-state index contributed by atoms with van der Waals surface area (Å²) >= 11 is 1.44. The van der Waals surface area contributed by atoms with Crippen molar-refractivity contribution in [1.82, 2.24) is 9.55 Å². The quantitative estimate of drug-likeness (QED) is 0.390. The Balaban J connectivity index is 1.96. The zero-order chi connectivity index (χ0) is 18.8. The summed E-state index contributed by atoms with van der Waals surface area (Å²) in [6.45, 7) is 3.49. The molecule has 2 aromatic carbocycles. The lowest BCUT2D eigenvalue weighted by molar-refractivity contribution is 0.101. The van der Waals surface area contributed by atoms with Crippen LogP contribution in [0.1, 0.15) is 28.4 Å². The van der Waals surface area contributed by atoms with E-state index in [1.165, 1.54) is 18.7 Å². The molecule has 1 aromatic heterocycles. The molecule has 6 heteroatoms. The molecule has 0 spiro atoms. The Bertz CT molecular complexity index is 1060. The minimum Gasteiger partial charge on any atom is -0.496 e. The standard InChI is InChI=1S/C20H20N2O3S/c1-12-5-7-17-16(9-12)19(24)22(3)20(21-17)26-11-15-10-14(13(2)23)6-8-18(15)25-4/h5-10H,11H2,1-4H3. The summed E-state index contributed by atoms with van der Waals surface area (Å²) in [4.78, 5) is 28.9. The summed E-state index contributed by atoms with van der Waals surface area (Å²) in [5.41, 5.74) is 3.18. The van der Waals surface area contributed by atoms with Crippen LogP contribution in [0.5, 0.6) is 5.75 Å². The number of ketones is 1. The molecule has 26 heavy (non-hydrogen) atoms. The first-order chi connectivity index (χ1) is 12.4. The number of hydrogen-bond donors (Lipinski definition) is 0. The lowest BCUT2D eigenvalue weighted by Gasteiger charge is -2.12. The van der Waals surface area contributed by atoms with E-state index < -0.39 is 0 Å². The molecule has 0 aliphatic rings. The van der Waals surface area contributed by atoms with Gasteiger partial charge in [-0.3, -0.25) is 14.2 Å². The monoisotopic (exact) mass is 368 g/mol. The van der Waals surface area contributed by atoms with Crippen LogP contribution in [0.4, 0.5) is 0 Å². The molecule has 3 aromatic rings. The van der Waals surface area contributed by atoms with E-state index in [2.05, 4.69) is 4.98 Å². The van der Waals surface area contributed by atoms with Gasteiger partial charge in [-0.1, -0.05) is 23.4 Å². The Morgan fingerprint density at radius 3 is 2.69 bits per heavy atom. The lowest BCUT2D eigenvalue weighted by Crippen LogP contribution is -2.20. The summed E-state index contributed by atoms with van der Waals surface area (Å²) in [6, 6.07) is 11.1. The van der Waals surface area contributed by atoms with Crippen LogP contribution in [0.3, 0.4) is 0 Å². The molecule has 0 radical (unpaired) electrons. The zero-order valence-corrected chi connectivity index (χ0v) is 16.0. The minimum atomic E-state index is -0.0642. The van der Waals surface area contributed by atoms with E-state index in [-0.39, 0.29) is 11.3 Å². The Kier molecular flexibility index (Phi) is 5.13. The van der Waals surface area contributed by atoms with Crippen LogP contribution in [0.15, 0.2) is 46.3 Å². The molecule has 0 saturated carbocycles. The molecule has 0 aliphatic heterocycles. The fraction of sp³-hybridized carbons (Fsp3) is 0.250. The second-order valence-corrected chi connectivity index (χ2v) is 7.09. The van der Waals surface area contributed by atoms with Gasteiger partial charge in [0.15, 0.2) is 10.9 Å². The molecule has 134 valence electrons. The second kappa shape index (κ2) is 7.33. The molecule has 5 nitrogen and oxygen atoms in total. The fourth-order valence-corrected chi connectivity index (χ4v) is 3.70. The number of fused-ring (bicyclic) bond motifs is 1. The predicted molar refractivity (Wildman–Crippen MR) is 104 cm³/mol. The summed E-state index contributed by atoms with van der Waals surface area (Å²) in [7, 11) is 3.33. The third-order valence-corrected chi connectivity index (χ3v) is 5.31. The van der Waals surface area contributed by atoms with E-state index >= 15 is 0 Å². The summed E-state index contributed by atoms with van der Waals surface area (Å²) in [6.07, 6.45) is 0. The molecular weight excluding hydrogens is 348 g/mol. The number of methoxy groups -OCH3 is 1. The van der Waals surface area contributed by atoms with Crippen molar-refractivity contribution in [3.05, 3.63) is 63.4 Å². The van der Waals surface area contributed by atoms with Crippen molar-refractivity contribution >= 4 is 28.4 Å². The number of Topliss-reactive ketones (excluding diaryl/α,β-unsaturated/α-hetero) is 1. The molecule has 0 unspecified atom stereocenters. The van der Waals surface area contributed by atoms with Crippen molar-refractivity contribution in [2.24, 2.45) is 7.05 Å². The normalized spacial score (nSPS) is 10.9.